The first-order valence-electron chi connectivity index (χ1n) is 22.0. The summed E-state index contributed by atoms with van der Waals surface area (Å²) < 4.78 is 38.4. The molecule has 14 heteroatoms. The number of nitrogens with zero attached hydrogens (tertiary/aromatic N) is 2. The molecule has 342 valence electrons. The van der Waals surface area contributed by atoms with E-state index in [2.05, 4.69) is 172 Å². The van der Waals surface area contributed by atoms with Gasteiger partial charge in [0.15, 0.2) is 38.5 Å². The molecule has 0 bridgehead atoms. The molecule has 57 heavy (non-hydrogen) atoms. The number of hydrogen-bond donors (Lipinski definition) is 1. The van der Waals surface area contributed by atoms with Crippen LogP contribution < -0.4 is 5.32 Å². The number of carbonyl (C=O) groups is 1. The molecule has 0 radical (unpaired) electrons. The first-order valence-corrected chi connectivity index (χ1v) is 32.9. The van der Waals surface area contributed by atoms with Crippen molar-refractivity contribution in [2.45, 2.75) is 227 Å². The quantitative estimate of drug-likeness (QED) is 0.0355. The Morgan fingerprint density at radius 2 is 0.965 bits per heavy atom. The van der Waals surface area contributed by atoms with E-state index in [0.717, 1.165) is 25.8 Å². The summed E-state index contributed by atoms with van der Waals surface area (Å²) in [5.41, 5.74) is -0.474. The van der Waals surface area contributed by atoms with Gasteiger partial charge < -0.3 is 27.9 Å². The Morgan fingerprint density at radius 1 is 0.596 bits per heavy atom. The van der Waals surface area contributed by atoms with Crippen LogP contribution in [0.1, 0.15) is 143 Å². The van der Waals surface area contributed by atoms with E-state index in [0.29, 0.717) is 69.6 Å². The van der Waals surface area contributed by atoms with Crippen molar-refractivity contribution in [1.82, 2.24) is 14.7 Å². The molecule has 0 fully saturated rings. The minimum atomic E-state index is -2.05. The van der Waals surface area contributed by atoms with Crippen LogP contribution in [0.15, 0.2) is 0 Å². The Hall–Kier alpha value is 0.781. The maximum atomic E-state index is 12.8. The van der Waals surface area contributed by atoms with Crippen LogP contribution in [0.25, 0.3) is 0 Å². The van der Waals surface area contributed by atoms with Crippen LogP contribution in [0, 0.1) is 0 Å². The van der Waals surface area contributed by atoms with Crippen LogP contribution in [0.4, 0.5) is 0 Å². The third-order valence-corrected chi connectivity index (χ3v) is 29.7. The summed E-state index contributed by atoms with van der Waals surface area (Å²) in [7, 11) is -7.09. The first kappa shape index (κ1) is 57.8. The minimum absolute atomic E-state index is 0.0955. The molecule has 0 unspecified atom stereocenters. The molecule has 0 spiro atoms. The van der Waals surface area contributed by atoms with Gasteiger partial charge in [-0.3, -0.25) is 4.79 Å². The lowest BCUT2D eigenvalue weighted by molar-refractivity contribution is -0.111. The van der Waals surface area contributed by atoms with Crippen LogP contribution in [-0.4, -0.2) is 115 Å². The van der Waals surface area contributed by atoms with Gasteiger partial charge in [-0.05, 0) is 129 Å². The number of carbonyl (C=O) groups excluding carboxylic acids is 1. The lowest BCUT2D eigenvalue weighted by atomic mass is 10.0. The van der Waals surface area contributed by atoms with Crippen LogP contribution >= 0.6 is 20.2 Å². The molecule has 0 aliphatic rings. The third-order valence-electron chi connectivity index (χ3n) is 12.4. The summed E-state index contributed by atoms with van der Waals surface area (Å²) >= 11 is 1.28. The van der Waals surface area contributed by atoms with Gasteiger partial charge >= 0.3 is 0 Å². The standard InChI is InChI=1S/C43H96N3O6PSSi3/c1-35(2)45(36(3)4)53(46(37(5)6)38(7)8)49-30-29-48-34-54-39(47)27-25-24-26-28-44-43(31-50-55(18,19)40(9,10)11,32-51-56(20,21)41(12,13)14)33-52-57(22,23)42(15,16)17/h35-38,44H,24-34H2,1-23H3. The Balaban J connectivity index is 5.46. The molecule has 0 rings (SSSR count). The molecular weight excluding hydrogens is 802 g/mol. The van der Waals surface area contributed by atoms with E-state index in [1.165, 1.54) is 11.8 Å². The van der Waals surface area contributed by atoms with Crippen molar-refractivity contribution >= 4 is 50.3 Å². The van der Waals surface area contributed by atoms with Gasteiger partial charge in [0.05, 0.1) is 44.5 Å². The predicted molar refractivity (Wildman–Crippen MR) is 259 cm³/mol. The monoisotopic (exact) mass is 898 g/mol. The molecule has 0 amide bonds. The number of thioether (sulfide) groups is 1. The highest BCUT2D eigenvalue weighted by Gasteiger charge is 2.46. The fraction of sp³-hybridized carbons (Fsp3) is 0.977. The topological polar surface area (TPSA) is 81.7 Å². The van der Waals surface area contributed by atoms with Gasteiger partial charge in [0.25, 0.3) is 0 Å². The summed E-state index contributed by atoms with van der Waals surface area (Å²) in [6.07, 6.45) is 3.33. The molecule has 0 aromatic rings. The molecule has 1 N–H and O–H groups in total. The van der Waals surface area contributed by atoms with Gasteiger partial charge in [0.2, 0.25) is 0 Å². The highest BCUT2D eigenvalue weighted by Crippen LogP contribution is 2.50. The predicted octanol–water partition coefficient (Wildman–Crippen LogP) is 12.7. The van der Waals surface area contributed by atoms with Crippen molar-refractivity contribution in [3.05, 3.63) is 0 Å². The van der Waals surface area contributed by atoms with E-state index < -0.39 is 38.9 Å². The maximum Gasteiger partial charge on any atom is 0.192 e. The SMILES string of the molecule is CC(C)N(C(C)C)P(OCCOCSC(=O)CCCCCNC(CO[Si](C)(C)C(C)(C)C)(CO[Si](C)(C)C(C)(C)C)CO[Si](C)(C)C(C)(C)C)N(C(C)C)C(C)C. The highest BCUT2D eigenvalue weighted by molar-refractivity contribution is 8.13. The summed E-state index contributed by atoms with van der Waals surface area (Å²) in [5, 5.41) is 4.43. The summed E-state index contributed by atoms with van der Waals surface area (Å²) in [6, 6.07) is 1.47. The number of rotatable bonds is 28. The van der Waals surface area contributed by atoms with Gasteiger partial charge in [-0.25, -0.2) is 9.34 Å². The van der Waals surface area contributed by atoms with Crippen molar-refractivity contribution in [3.63, 3.8) is 0 Å². The summed E-state index contributed by atoms with van der Waals surface area (Å²) in [6.45, 7) is 56.0. The molecule has 0 aromatic carbocycles. The Kier molecular flexibility index (Phi) is 24.9. The van der Waals surface area contributed by atoms with Crippen molar-refractivity contribution in [1.29, 1.82) is 0 Å². The van der Waals surface area contributed by atoms with Crippen LogP contribution in [0.5, 0.6) is 0 Å². The zero-order valence-electron chi connectivity index (χ0n) is 41.8. The van der Waals surface area contributed by atoms with Crippen LogP contribution in [0.3, 0.4) is 0 Å². The fourth-order valence-electron chi connectivity index (χ4n) is 5.46. The molecule has 9 nitrogen and oxygen atoms in total. The number of ether oxygens (including phenoxy) is 1. The van der Waals surface area contributed by atoms with Crippen molar-refractivity contribution in [3.8, 4) is 0 Å². The van der Waals surface area contributed by atoms with E-state index in [1.807, 2.05) is 0 Å². The number of hydrogen-bond acceptors (Lipinski definition) is 10. The van der Waals surface area contributed by atoms with Crippen molar-refractivity contribution in [2.75, 3.05) is 45.5 Å². The molecule has 0 saturated carbocycles. The van der Waals surface area contributed by atoms with Gasteiger partial charge in [0, 0.05) is 30.6 Å². The largest absolute Gasteiger partial charge is 0.415 e. The average Bonchev–Trinajstić information content (AvgIpc) is 3.02. The maximum absolute atomic E-state index is 12.8. The molecule has 0 aromatic heterocycles. The number of unbranched alkanes of at least 4 members (excludes halogenated alkanes) is 2. The normalized spacial score (nSPS) is 14.6. The molecule has 0 aliphatic heterocycles. The van der Waals surface area contributed by atoms with Crippen LogP contribution in [0.2, 0.25) is 54.4 Å². The van der Waals surface area contributed by atoms with Gasteiger partial charge in [-0.2, -0.15) is 0 Å². The summed E-state index contributed by atoms with van der Waals surface area (Å²) in [5.74, 6) is 0.358. The second-order valence-electron chi connectivity index (χ2n) is 21.9. The molecule has 0 saturated heterocycles. The average molecular weight is 899 g/mol. The Bertz CT molecular complexity index is 1030. The van der Waals surface area contributed by atoms with Crippen molar-refractivity contribution in [2.24, 2.45) is 0 Å². The first-order chi connectivity index (χ1) is 25.6. The molecule has 0 heterocycles. The zero-order chi connectivity index (χ0) is 44.8. The smallest absolute Gasteiger partial charge is 0.192 e. The van der Waals surface area contributed by atoms with Gasteiger partial charge in [0.1, 0.15) is 0 Å². The van der Waals surface area contributed by atoms with Gasteiger partial charge in [-0.15, -0.1) is 0 Å². The van der Waals surface area contributed by atoms with Crippen molar-refractivity contribution < 1.29 is 27.3 Å². The van der Waals surface area contributed by atoms with Crippen LogP contribution in [-0.2, 0) is 27.3 Å². The minimum Gasteiger partial charge on any atom is -0.415 e. The number of nitrogens with one attached hydrogen (secondary N) is 1. The van der Waals surface area contributed by atoms with E-state index in [4.69, 9.17) is 22.5 Å². The Morgan fingerprint density at radius 3 is 1.30 bits per heavy atom. The van der Waals surface area contributed by atoms with E-state index in [-0.39, 0.29) is 20.2 Å². The van der Waals surface area contributed by atoms with Gasteiger partial charge in [-0.1, -0.05) is 80.5 Å². The second-order valence-corrected chi connectivity index (χ2v) is 39.0. The van der Waals surface area contributed by atoms with E-state index in [1.54, 1.807) is 0 Å². The lowest BCUT2D eigenvalue weighted by Gasteiger charge is -2.46. The fourth-order valence-corrected chi connectivity index (χ4v) is 11.6. The lowest BCUT2D eigenvalue weighted by Crippen LogP contribution is -2.62. The third kappa shape index (κ3) is 20.2. The molecule has 0 atom stereocenters. The molecular formula is C43H96N3O6PSSi3. The highest BCUT2D eigenvalue weighted by atomic mass is 32.2. The second kappa shape index (κ2) is 24.6. The zero-order valence-corrected chi connectivity index (χ0v) is 46.5. The Labute approximate surface area is 363 Å². The van der Waals surface area contributed by atoms with E-state index in [9.17, 15) is 4.79 Å². The summed E-state index contributed by atoms with van der Waals surface area (Å²) in [4.78, 5) is 12.8. The van der Waals surface area contributed by atoms with E-state index >= 15 is 0 Å². The molecule has 0 aliphatic carbocycles.